The van der Waals surface area contributed by atoms with Crippen molar-refractivity contribution in [2.45, 2.75) is 12.5 Å². The maximum absolute atomic E-state index is 11.1. The van der Waals surface area contributed by atoms with Crippen molar-refractivity contribution in [3.05, 3.63) is 24.7 Å². The molecule has 7 heteroatoms. The average Bonchev–Trinajstić information content (AvgIpc) is 2.83. The minimum Gasteiger partial charge on any atom is -0.480 e. The second kappa shape index (κ2) is 5.46. The highest BCUT2D eigenvalue weighted by atomic mass is 16.5. The first-order valence-corrected chi connectivity index (χ1v) is 5.49. The molecule has 0 amide bonds. The van der Waals surface area contributed by atoms with E-state index >= 15 is 0 Å². The highest BCUT2D eigenvalue weighted by Crippen LogP contribution is 2.14. The van der Waals surface area contributed by atoms with Crippen LogP contribution in [-0.2, 0) is 9.53 Å². The summed E-state index contributed by atoms with van der Waals surface area (Å²) in [6.07, 6.45) is 5.26. The Hall–Kier alpha value is -2.15. The molecule has 0 saturated carbocycles. The first-order valence-electron chi connectivity index (χ1n) is 5.49. The molecule has 2 aromatic heterocycles. The maximum Gasteiger partial charge on any atom is 0.326 e. The van der Waals surface area contributed by atoms with Gasteiger partial charge < -0.3 is 15.2 Å². The molecule has 2 heterocycles. The summed E-state index contributed by atoms with van der Waals surface area (Å²) in [5.74, 6) is -0.436. The zero-order chi connectivity index (χ0) is 13.0. The van der Waals surface area contributed by atoms with Crippen molar-refractivity contribution in [2.75, 3.05) is 19.0 Å². The molecule has 0 spiro atoms. The molecular formula is C11H14N4O3. The van der Waals surface area contributed by atoms with Crippen molar-refractivity contribution < 1.29 is 14.6 Å². The van der Waals surface area contributed by atoms with Crippen LogP contribution in [0.25, 0.3) is 5.52 Å². The Morgan fingerprint density at radius 2 is 2.44 bits per heavy atom. The molecule has 0 aliphatic heterocycles. The summed E-state index contributed by atoms with van der Waals surface area (Å²) < 4.78 is 6.52. The molecule has 2 aromatic rings. The Balaban J connectivity index is 2.20. The molecule has 18 heavy (non-hydrogen) atoms. The fourth-order valence-corrected chi connectivity index (χ4v) is 1.63. The highest BCUT2D eigenvalue weighted by molar-refractivity contribution is 5.79. The highest BCUT2D eigenvalue weighted by Gasteiger charge is 2.18. The van der Waals surface area contributed by atoms with Crippen LogP contribution in [-0.4, -0.2) is 45.4 Å². The molecule has 0 radical (unpaired) electrons. The van der Waals surface area contributed by atoms with Gasteiger partial charge in [0.15, 0.2) is 5.82 Å². The van der Waals surface area contributed by atoms with E-state index in [2.05, 4.69) is 15.4 Å². The van der Waals surface area contributed by atoms with E-state index in [1.165, 1.54) is 7.11 Å². The van der Waals surface area contributed by atoms with Gasteiger partial charge in [0.1, 0.15) is 11.6 Å². The van der Waals surface area contributed by atoms with Crippen molar-refractivity contribution in [1.82, 2.24) is 14.6 Å². The number of anilines is 1. The van der Waals surface area contributed by atoms with Gasteiger partial charge in [0, 0.05) is 32.5 Å². The van der Waals surface area contributed by atoms with Crippen LogP contribution in [0.5, 0.6) is 0 Å². The number of aromatic nitrogens is 3. The summed E-state index contributed by atoms with van der Waals surface area (Å²) in [5, 5.41) is 16.1. The third-order valence-corrected chi connectivity index (χ3v) is 2.54. The molecule has 96 valence electrons. The number of hydrogen-bond donors (Lipinski definition) is 2. The molecule has 2 N–H and O–H groups in total. The molecule has 2 rings (SSSR count). The lowest BCUT2D eigenvalue weighted by molar-refractivity contribution is -0.138. The number of carboxylic acids is 1. The van der Waals surface area contributed by atoms with E-state index in [-0.39, 0.29) is 0 Å². The largest absolute Gasteiger partial charge is 0.480 e. The van der Waals surface area contributed by atoms with Crippen molar-refractivity contribution >= 4 is 17.3 Å². The molecular weight excluding hydrogens is 236 g/mol. The van der Waals surface area contributed by atoms with Crippen molar-refractivity contribution in [1.29, 1.82) is 0 Å². The van der Waals surface area contributed by atoms with Gasteiger partial charge in [-0.2, -0.15) is 5.10 Å². The Kier molecular flexibility index (Phi) is 3.73. The van der Waals surface area contributed by atoms with Gasteiger partial charge >= 0.3 is 5.97 Å². The minimum atomic E-state index is -0.935. The van der Waals surface area contributed by atoms with Crippen molar-refractivity contribution in [3.8, 4) is 0 Å². The minimum absolute atomic E-state index is 0.364. The summed E-state index contributed by atoms with van der Waals surface area (Å²) in [6, 6.07) is 1.03. The number of fused-ring (bicyclic) bond motifs is 1. The van der Waals surface area contributed by atoms with E-state index in [9.17, 15) is 4.79 Å². The van der Waals surface area contributed by atoms with Gasteiger partial charge in [-0.05, 0) is 6.07 Å². The summed E-state index contributed by atoms with van der Waals surface area (Å²) in [4.78, 5) is 15.2. The fraction of sp³-hybridized carbons (Fsp3) is 0.364. The molecule has 1 atom stereocenters. The third kappa shape index (κ3) is 2.57. The van der Waals surface area contributed by atoms with Crippen LogP contribution in [0, 0.1) is 0 Å². The van der Waals surface area contributed by atoms with Crippen LogP contribution in [0.15, 0.2) is 24.7 Å². The first-order chi connectivity index (χ1) is 8.72. The molecule has 7 nitrogen and oxygen atoms in total. The van der Waals surface area contributed by atoms with E-state index in [0.717, 1.165) is 5.52 Å². The number of rotatable bonds is 6. The maximum atomic E-state index is 11.1. The molecule has 1 unspecified atom stereocenters. The molecule has 0 aromatic carbocycles. The number of methoxy groups -OCH3 is 1. The summed E-state index contributed by atoms with van der Waals surface area (Å²) >= 11 is 0. The summed E-state index contributed by atoms with van der Waals surface area (Å²) in [6.45, 7) is 0.367. The Morgan fingerprint density at radius 1 is 1.61 bits per heavy atom. The molecule has 0 saturated heterocycles. The Morgan fingerprint density at radius 3 is 3.17 bits per heavy atom. The molecule has 0 aliphatic rings. The number of aliphatic carboxylic acids is 1. The van der Waals surface area contributed by atoms with E-state index in [1.54, 1.807) is 29.2 Å². The predicted octanol–water partition coefficient (Wildman–Crippen LogP) is 0.631. The number of nitrogens with zero attached hydrogens (tertiary/aromatic N) is 3. The van der Waals surface area contributed by atoms with E-state index in [0.29, 0.717) is 18.8 Å². The average molecular weight is 250 g/mol. The smallest absolute Gasteiger partial charge is 0.326 e. The number of carbonyl (C=O) groups is 1. The van der Waals surface area contributed by atoms with Gasteiger partial charge in [-0.15, -0.1) is 0 Å². The Bertz CT molecular complexity index is 540. The van der Waals surface area contributed by atoms with Crippen LogP contribution in [0.1, 0.15) is 6.42 Å². The van der Waals surface area contributed by atoms with Gasteiger partial charge in [-0.25, -0.2) is 14.3 Å². The summed E-state index contributed by atoms with van der Waals surface area (Å²) in [5.41, 5.74) is 0.737. The van der Waals surface area contributed by atoms with E-state index in [4.69, 9.17) is 9.84 Å². The summed E-state index contributed by atoms with van der Waals surface area (Å²) in [7, 11) is 1.54. The van der Waals surface area contributed by atoms with Gasteiger partial charge in [-0.3, -0.25) is 0 Å². The molecule has 0 bridgehead atoms. The standard InChI is InChI=1S/C11H14N4O3/c1-18-7-3-8(11(16)17)14-10-9-2-4-13-15(9)6-5-12-10/h2,4-6,8H,3,7H2,1H3,(H,12,14)(H,16,17). The van der Waals surface area contributed by atoms with Crippen molar-refractivity contribution in [2.24, 2.45) is 0 Å². The lowest BCUT2D eigenvalue weighted by Crippen LogP contribution is -2.31. The third-order valence-electron chi connectivity index (χ3n) is 2.54. The quantitative estimate of drug-likeness (QED) is 0.781. The number of hydrogen-bond acceptors (Lipinski definition) is 5. The van der Waals surface area contributed by atoms with Crippen LogP contribution in [0.4, 0.5) is 5.82 Å². The topological polar surface area (TPSA) is 88.8 Å². The second-order valence-electron chi connectivity index (χ2n) is 3.75. The predicted molar refractivity (Wildman–Crippen MR) is 64.5 cm³/mol. The van der Waals surface area contributed by atoms with Crippen LogP contribution < -0.4 is 5.32 Å². The zero-order valence-electron chi connectivity index (χ0n) is 9.91. The van der Waals surface area contributed by atoms with E-state index < -0.39 is 12.0 Å². The van der Waals surface area contributed by atoms with Gasteiger partial charge in [0.2, 0.25) is 0 Å². The van der Waals surface area contributed by atoms with Crippen LogP contribution >= 0.6 is 0 Å². The second-order valence-corrected chi connectivity index (χ2v) is 3.75. The normalized spacial score (nSPS) is 12.5. The van der Waals surface area contributed by atoms with Gasteiger partial charge in [0.05, 0.1) is 6.20 Å². The molecule has 0 fully saturated rings. The molecule has 0 aliphatic carbocycles. The number of carboxylic acid groups (broad SMARTS) is 1. The SMILES string of the molecule is COCCC(Nc1nccn2nccc12)C(=O)O. The van der Waals surface area contributed by atoms with Gasteiger partial charge in [-0.1, -0.05) is 0 Å². The Labute approximate surface area is 103 Å². The fourth-order valence-electron chi connectivity index (χ4n) is 1.63. The monoisotopic (exact) mass is 250 g/mol. The first kappa shape index (κ1) is 12.3. The van der Waals surface area contributed by atoms with Crippen LogP contribution in [0.3, 0.4) is 0 Å². The van der Waals surface area contributed by atoms with E-state index in [1.807, 2.05) is 0 Å². The number of ether oxygens (including phenoxy) is 1. The zero-order valence-corrected chi connectivity index (χ0v) is 9.91. The lowest BCUT2D eigenvalue weighted by atomic mass is 10.2. The van der Waals surface area contributed by atoms with Crippen LogP contribution in [0.2, 0.25) is 0 Å². The van der Waals surface area contributed by atoms with Crippen molar-refractivity contribution in [3.63, 3.8) is 0 Å². The lowest BCUT2D eigenvalue weighted by Gasteiger charge is -2.15. The van der Waals surface area contributed by atoms with Gasteiger partial charge in [0.25, 0.3) is 0 Å². The number of nitrogens with one attached hydrogen (secondary N) is 1.